The highest BCUT2D eigenvalue weighted by Crippen LogP contribution is 2.37. The number of hydrogen-bond acceptors (Lipinski definition) is 4. The van der Waals surface area contributed by atoms with E-state index in [-0.39, 0.29) is 0 Å². The lowest BCUT2D eigenvalue weighted by Crippen LogP contribution is -2.05. The number of aromatic nitrogens is 5. The van der Waals surface area contributed by atoms with Gasteiger partial charge in [-0.2, -0.15) is 0 Å². The van der Waals surface area contributed by atoms with Gasteiger partial charge >= 0.3 is 0 Å². The minimum Gasteiger partial charge on any atom is -0.379 e. The Morgan fingerprint density at radius 3 is 1.68 bits per heavy atom. The number of nitrogens with zero attached hydrogens (tertiary/aromatic N) is 5. The molecule has 0 atom stereocenters. The molecule has 0 fully saturated rings. The van der Waals surface area contributed by atoms with Crippen molar-refractivity contribution in [3.8, 4) is 45.0 Å². The summed E-state index contributed by atoms with van der Waals surface area (Å²) in [6.45, 7) is 0.847. The first kappa shape index (κ1) is 28.2. The summed E-state index contributed by atoms with van der Waals surface area (Å²) in [5.74, 6) is 0. The molecule has 0 amide bonds. The van der Waals surface area contributed by atoms with E-state index in [9.17, 15) is 0 Å². The predicted octanol–water partition coefficient (Wildman–Crippen LogP) is 10.4. The molecular formula is C44H30N6. The van der Waals surface area contributed by atoms with Gasteiger partial charge in [0.05, 0.1) is 39.3 Å². The van der Waals surface area contributed by atoms with Gasteiger partial charge in [-0.3, -0.25) is 15.0 Å². The van der Waals surface area contributed by atoms with Crippen molar-refractivity contribution in [2.45, 2.75) is 0 Å². The molecule has 10 rings (SSSR count). The van der Waals surface area contributed by atoms with Gasteiger partial charge in [-0.1, -0.05) is 78.9 Å². The largest absolute Gasteiger partial charge is 0.379 e. The number of anilines is 1. The molecule has 1 aliphatic heterocycles. The Hall–Kier alpha value is -6.79. The van der Waals surface area contributed by atoms with E-state index in [2.05, 4.69) is 147 Å². The summed E-state index contributed by atoms with van der Waals surface area (Å²) in [7, 11) is 0. The number of nitrogens with one attached hydrogen (secondary N) is 1. The molecule has 0 saturated heterocycles. The summed E-state index contributed by atoms with van der Waals surface area (Å²) in [5, 5.41) is 7.15. The van der Waals surface area contributed by atoms with Crippen LogP contribution < -0.4 is 5.32 Å². The van der Waals surface area contributed by atoms with Crippen molar-refractivity contribution < 1.29 is 0 Å². The van der Waals surface area contributed by atoms with Crippen LogP contribution in [-0.2, 0) is 0 Å². The Balaban J connectivity index is 0.888. The molecule has 6 heterocycles. The van der Waals surface area contributed by atoms with Gasteiger partial charge in [-0.15, -0.1) is 0 Å². The van der Waals surface area contributed by atoms with Gasteiger partial charge in [0.25, 0.3) is 0 Å². The van der Waals surface area contributed by atoms with Crippen LogP contribution in [0.4, 0.5) is 5.69 Å². The van der Waals surface area contributed by atoms with Crippen molar-refractivity contribution in [2.75, 3.05) is 11.9 Å². The molecule has 4 aromatic carbocycles. The van der Waals surface area contributed by atoms with E-state index < -0.39 is 0 Å². The third kappa shape index (κ3) is 4.54. The van der Waals surface area contributed by atoms with Crippen LogP contribution in [0.5, 0.6) is 0 Å². The lowest BCUT2D eigenvalue weighted by molar-refractivity contribution is 1.10. The molecule has 0 aliphatic carbocycles. The minimum atomic E-state index is 0.845. The van der Waals surface area contributed by atoms with Crippen molar-refractivity contribution in [3.63, 3.8) is 0 Å². The number of hydrogen-bond donors (Lipinski definition) is 1. The molecule has 1 aliphatic rings. The first-order valence-electron chi connectivity index (χ1n) is 16.8. The molecule has 9 aromatic rings. The van der Waals surface area contributed by atoms with Crippen LogP contribution in [0.3, 0.4) is 0 Å². The summed E-state index contributed by atoms with van der Waals surface area (Å²) in [5.41, 5.74) is 14.2. The summed E-state index contributed by atoms with van der Waals surface area (Å²) >= 11 is 0. The molecule has 5 aromatic heterocycles. The molecule has 1 N–H and O–H groups in total. The molecule has 50 heavy (non-hydrogen) atoms. The zero-order valence-electron chi connectivity index (χ0n) is 27.0. The van der Waals surface area contributed by atoms with E-state index >= 15 is 0 Å². The van der Waals surface area contributed by atoms with Gasteiger partial charge < -0.3 is 14.5 Å². The molecule has 0 radical (unpaired) electrons. The fourth-order valence-electron chi connectivity index (χ4n) is 7.35. The van der Waals surface area contributed by atoms with Crippen molar-refractivity contribution in [2.24, 2.45) is 0 Å². The molecular weight excluding hydrogens is 613 g/mol. The Bertz CT molecular complexity index is 2660. The third-order valence-corrected chi connectivity index (χ3v) is 9.76. The van der Waals surface area contributed by atoms with Crippen LogP contribution in [0.25, 0.3) is 83.8 Å². The van der Waals surface area contributed by atoms with Gasteiger partial charge in [0.2, 0.25) is 0 Å². The van der Waals surface area contributed by atoms with Gasteiger partial charge in [0.1, 0.15) is 0 Å². The van der Waals surface area contributed by atoms with Crippen LogP contribution >= 0.6 is 0 Å². The normalized spacial score (nSPS) is 12.4. The van der Waals surface area contributed by atoms with E-state index in [0.29, 0.717) is 0 Å². The van der Waals surface area contributed by atoms with E-state index in [1.807, 2.05) is 36.9 Å². The monoisotopic (exact) mass is 642 g/mol. The van der Waals surface area contributed by atoms with E-state index in [1.165, 1.54) is 33.2 Å². The average molecular weight is 643 g/mol. The number of pyridine rings is 3. The topological polar surface area (TPSA) is 60.6 Å². The van der Waals surface area contributed by atoms with Crippen molar-refractivity contribution in [1.29, 1.82) is 0 Å². The maximum Gasteiger partial charge on any atom is 0.0886 e. The quantitative estimate of drug-likeness (QED) is 0.203. The standard InChI is InChI=1S/C44H30N6/c1-3-8-40-35(6-1)37-28-45-25-23-42(37)49(40)33-17-11-29(12-18-33)31-15-21-38(47-26-31)39-22-16-32(27-48-39)30-13-19-34(20-14-30)50-41-9-4-2-7-36(41)44-43(50)10-5-24-46-44/h1-23,25-28,46H,24H2. The SMILES string of the molecule is C1=Cc2c(c3ccccc3n2-c2ccc(-c3ccc(-c4ccc(-c5ccc(-n6c7ccccc7c7cnccc76)cc5)cn4)nc3)cc2)NC1. The van der Waals surface area contributed by atoms with Gasteiger partial charge in [-0.25, -0.2) is 0 Å². The van der Waals surface area contributed by atoms with E-state index in [1.54, 1.807) is 0 Å². The summed E-state index contributed by atoms with van der Waals surface area (Å²) in [6, 6.07) is 44.8. The average Bonchev–Trinajstić information content (AvgIpc) is 3.71. The smallest absolute Gasteiger partial charge is 0.0886 e. The summed E-state index contributed by atoms with van der Waals surface area (Å²) in [6.07, 6.45) is 12.0. The predicted molar refractivity (Wildman–Crippen MR) is 205 cm³/mol. The second-order valence-corrected chi connectivity index (χ2v) is 12.6. The number of para-hydroxylation sites is 2. The zero-order chi connectivity index (χ0) is 33.0. The van der Waals surface area contributed by atoms with Crippen LogP contribution in [0.15, 0.2) is 158 Å². The molecule has 6 heteroatoms. The number of benzene rings is 4. The van der Waals surface area contributed by atoms with E-state index in [0.717, 1.165) is 62.5 Å². The molecule has 0 bridgehead atoms. The zero-order valence-corrected chi connectivity index (χ0v) is 27.0. The van der Waals surface area contributed by atoms with Gasteiger partial charge in [0, 0.05) is 70.0 Å². The second kappa shape index (κ2) is 11.4. The maximum absolute atomic E-state index is 4.80. The van der Waals surface area contributed by atoms with Crippen LogP contribution in [0.2, 0.25) is 0 Å². The molecule has 236 valence electrons. The lowest BCUT2D eigenvalue weighted by atomic mass is 10.1. The molecule has 0 saturated carbocycles. The second-order valence-electron chi connectivity index (χ2n) is 12.6. The molecule has 0 spiro atoms. The summed E-state index contributed by atoms with van der Waals surface area (Å²) in [4.78, 5) is 14.0. The highest BCUT2D eigenvalue weighted by atomic mass is 15.0. The first-order valence-corrected chi connectivity index (χ1v) is 16.8. The highest BCUT2D eigenvalue weighted by Gasteiger charge is 2.18. The fourth-order valence-corrected chi connectivity index (χ4v) is 7.35. The fraction of sp³-hybridized carbons (Fsp3) is 0.0227. The van der Waals surface area contributed by atoms with Crippen molar-refractivity contribution in [1.82, 2.24) is 24.1 Å². The number of fused-ring (bicyclic) bond motifs is 6. The van der Waals surface area contributed by atoms with Crippen LogP contribution in [0.1, 0.15) is 5.69 Å². The van der Waals surface area contributed by atoms with Gasteiger partial charge in [-0.05, 0) is 71.8 Å². The van der Waals surface area contributed by atoms with Crippen LogP contribution in [0, 0.1) is 0 Å². The number of rotatable bonds is 5. The highest BCUT2D eigenvalue weighted by molar-refractivity contribution is 6.08. The first-order chi connectivity index (χ1) is 24.8. The Kier molecular flexibility index (Phi) is 6.45. The van der Waals surface area contributed by atoms with Crippen molar-refractivity contribution in [3.05, 3.63) is 164 Å². The van der Waals surface area contributed by atoms with Crippen molar-refractivity contribution >= 4 is 44.5 Å². The van der Waals surface area contributed by atoms with Gasteiger partial charge in [0.15, 0.2) is 0 Å². The Morgan fingerprint density at radius 1 is 0.480 bits per heavy atom. The Morgan fingerprint density at radius 2 is 1.04 bits per heavy atom. The van der Waals surface area contributed by atoms with Crippen LogP contribution in [-0.4, -0.2) is 30.6 Å². The molecule has 6 nitrogen and oxygen atoms in total. The minimum absolute atomic E-state index is 0.845. The Labute approximate surface area is 288 Å². The molecule has 0 unspecified atom stereocenters. The summed E-state index contributed by atoms with van der Waals surface area (Å²) < 4.78 is 4.62. The third-order valence-electron chi connectivity index (χ3n) is 9.76. The lowest BCUT2D eigenvalue weighted by Gasteiger charge is -2.13. The maximum atomic E-state index is 4.80. The van der Waals surface area contributed by atoms with E-state index in [4.69, 9.17) is 9.97 Å².